The molecule has 7 heteroatoms. The van der Waals surface area contributed by atoms with Gasteiger partial charge in [-0.15, -0.1) is 0 Å². The minimum atomic E-state index is -0.552. The maximum atomic E-state index is 11.1. The molecule has 2 rings (SSSR count). The number of hydrogen-bond donors (Lipinski definition) is 2. The van der Waals surface area contributed by atoms with E-state index in [2.05, 4.69) is 20.4 Å². The van der Waals surface area contributed by atoms with Crippen molar-refractivity contribution in [2.75, 3.05) is 32.0 Å². The molecule has 1 aromatic heterocycles. The van der Waals surface area contributed by atoms with Gasteiger partial charge in [0.1, 0.15) is 5.82 Å². The van der Waals surface area contributed by atoms with E-state index in [-0.39, 0.29) is 0 Å². The second kappa shape index (κ2) is 7.88. The first kappa shape index (κ1) is 16.4. The van der Waals surface area contributed by atoms with Gasteiger partial charge >= 0.3 is 6.09 Å². The molecule has 122 valence electrons. The van der Waals surface area contributed by atoms with Crippen LogP contribution in [0.3, 0.4) is 0 Å². The van der Waals surface area contributed by atoms with Crippen LogP contribution in [0.1, 0.15) is 5.56 Å². The number of hydrogen-bond acceptors (Lipinski definition) is 6. The van der Waals surface area contributed by atoms with Gasteiger partial charge in [-0.1, -0.05) is 6.07 Å². The molecule has 0 unspecified atom stereocenters. The van der Waals surface area contributed by atoms with Crippen molar-refractivity contribution in [1.82, 2.24) is 4.98 Å². The quantitative estimate of drug-likeness (QED) is 0.852. The first-order valence-corrected chi connectivity index (χ1v) is 6.92. The van der Waals surface area contributed by atoms with E-state index >= 15 is 0 Å². The van der Waals surface area contributed by atoms with E-state index in [9.17, 15) is 4.79 Å². The van der Waals surface area contributed by atoms with Crippen molar-refractivity contribution in [3.05, 3.63) is 42.1 Å². The molecule has 0 aliphatic rings. The van der Waals surface area contributed by atoms with E-state index in [1.807, 2.05) is 24.3 Å². The van der Waals surface area contributed by atoms with E-state index in [4.69, 9.17) is 9.47 Å². The standard InChI is InChI=1S/C16H19N3O4/c1-21-13-6-4-11(8-14(13)22-2)9-17-12-5-7-15(18-10-12)19-16(20)23-3/h4-8,10,17H,9H2,1-3H3,(H,18,19,20). The lowest BCUT2D eigenvalue weighted by Gasteiger charge is -2.11. The number of methoxy groups -OCH3 is 3. The highest BCUT2D eigenvalue weighted by molar-refractivity contribution is 5.83. The molecular weight excluding hydrogens is 298 g/mol. The lowest BCUT2D eigenvalue weighted by Crippen LogP contribution is -2.12. The fraction of sp³-hybridized carbons (Fsp3) is 0.250. The number of carbonyl (C=O) groups is 1. The highest BCUT2D eigenvalue weighted by Crippen LogP contribution is 2.27. The molecule has 0 saturated carbocycles. The molecule has 2 aromatic rings. The summed E-state index contributed by atoms with van der Waals surface area (Å²) in [4.78, 5) is 15.2. The summed E-state index contributed by atoms with van der Waals surface area (Å²) in [6.45, 7) is 0.603. The Morgan fingerprint density at radius 3 is 2.48 bits per heavy atom. The fourth-order valence-electron chi connectivity index (χ4n) is 1.92. The summed E-state index contributed by atoms with van der Waals surface area (Å²) in [5.74, 6) is 1.80. The Hall–Kier alpha value is -2.96. The Kier molecular flexibility index (Phi) is 5.62. The van der Waals surface area contributed by atoms with Gasteiger partial charge in [-0.2, -0.15) is 0 Å². The van der Waals surface area contributed by atoms with E-state index < -0.39 is 6.09 Å². The summed E-state index contributed by atoms with van der Waals surface area (Å²) < 4.78 is 15.0. The topological polar surface area (TPSA) is 81.7 Å². The number of aromatic nitrogens is 1. The second-order valence-corrected chi connectivity index (χ2v) is 4.59. The number of rotatable bonds is 6. The minimum Gasteiger partial charge on any atom is -0.493 e. The molecule has 0 atom stereocenters. The van der Waals surface area contributed by atoms with Crippen molar-refractivity contribution in [3.8, 4) is 11.5 Å². The van der Waals surface area contributed by atoms with E-state index in [1.54, 1.807) is 26.5 Å². The van der Waals surface area contributed by atoms with Gasteiger partial charge in [0.05, 0.1) is 33.2 Å². The van der Waals surface area contributed by atoms with Crippen LogP contribution in [0.4, 0.5) is 16.3 Å². The van der Waals surface area contributed by atoms with E-state index in [0.717, 1.165) is 11.3 Å². The number of pyridine rings is 1. The van der Waals surface area contributed by atoms with Crippen molar-refractivity contribution in [1.29, 1.82) is 0 Å². The van der Waals surface area contributed by atoms with Crippen LogP contribution in [0.25, 0.3) is 0 Å². The fourth-order valence-corrected chi connectivity index (χ4v) is 1.92. The predicted molar refractivity (Wildman–Crippen MR) is 87.1 cm³/mol. The summed E-state index contributed by atoms with van der Waals surface area (Å²) in [5, 5.41) is 5.73. The maximum Gasteiger partial charge on any atom is 0.412 e. The molecule has 1 aromatic carbocycles. The maximum absolute atomic E-state index is 11.1. The lowest BCUT2D eigenvalue weighted by molar-refractivity contribution is 0.187. The van der Waals surface area contributed by atoms with Gasteiger partial charge < -0.3 is 19.5 Å². The molecule has 0 radical (unpaired) electrons. The van der Waals surface area contributed by atoms with Crippen molar-refractivity contribution in [3.63, 3.8) is 0 Å². The Morgan fingerprint density at radius 1 is 1.09 bits per heavy atom. The number of ether oxygens (including phenoxy) is 3. The molecule has 0 spiro atoms. The Labute approximate surface area is 134 Å². The largest absolute Gasteiger partial charge is 0.493 e. The van der Waals surface area contributed by atoms with Crippen LogP contribution in [0, 0.1) is 0 Å². The minimum absolute atomic E-state index is 0.425. The molecule has 2 N–H and O–H groups in total. The molecule has 1 heterocycles. The molecule has 0 saturated heterocycles. The summed E-state index contributed by atoms with van der Waals surface area (Å²) in [6.07, 6.45) is 1.08. The highest BCUT2D eigenvalue weighted by atomic mass is 16.5. The third-order valence-corrected chi connectivity index (χ3v) is 3.12. The van der Waals surface area contributed by atoms with Crippen molar-refractivity contribution < 1.29 is 19.0 Å². The van der Waals surface area contributed by atoms with Crippen LogP contribution in [0.2, 0.25) is 0 Å². The van der Waals surface area contributed by atoms with Crippen LogP contribution in [0.15, 0.2) is 36.5 Å². The average Bonchev–Trinajstić information content (AvgIpc) is 2.60. The number of amides is 1. The summed E-state index contributed by atoms with van der Waals surface area (Å²) >= 11 is 0. The third kappa shape index (κ3) is 4.50. The number of anilines is 2. The molecule has 0 aliphatic carbocycles. The molecule has 0 aliphatic heterocycles. The molecule has 1 amide bonds. The number of nitrogens with one attached hydrogen (secondary N) is 2. The van der Waals surface area contributed by atoms with Gasteiger partial charge in [0.2, 0.25) is 0 Å². The molecule has 23 heavy (non-hydrogen) atoms. The van der Waals surface area contributed by atoms with Gasteiger partial charge in [-0.05, 0) is 29.8 Å². The SMILES string of the molecule is COC(=O)Nc1ccc(NCc2ccc(OC)c(OC)c2)cn1. The van der Waals surface area contributed by atoms with Crippen molar-refractivity contribution in [2.24, 2.45) is 0 Å². The zero-order valence-electron chi connectivity index (χ0n) is 13.3. The number of carbonyl (C=O) groups excluding carboxylic acids is 1. The van der Waals surface area contributed by atoms with Crippen LogP contribution in [-0.2, 0) is 11.3 Å². The first-order chi connectivity index (χ1) is 11.2. The van der Waals surface area contributed by atoms with Gasteiger partial charge in [0.25, 0.3) is 0 Å². The smallest absolute Gasteiger partial charge is 0.412 e. The average molecular weight is 317 g/mol. The van der Waals surface area contributed by atoms with E-state index in [1.165, 1.54) is 7.11 Å². The number of benzene rings is 1. The van der Waals surface area contributed by atoms with E-state index in [0.29, 0.717) is 23.9 Å². The van der Waals surface area contributed by atoms with Gasteiger partial charge in [-0.25, -0.2) is 9.78 Å². The molecule has 7 nitrogen and oxygen atoms in total. The predicted octanol–water partition coefficient (Wildman–Crippen LogP) is 2.89. The van der Waals surface area contributed by atoms with Crippen LogP contribution in [-0.4, -0.2) is 32.4 Å². The monoisotopic (exact) mass is 317 g/mol. The highest BCUT2D eigenvalue weighted by Gasteiger charge is 2.05. The van der Waals surface area contributed by atoms with Crippen LogP contribution in [0.5, 0.6) is 11.5 Å². The zero-order valence-corrected chi connectivity index (χ0v) is 13.3. The Morgan fingerprint density at radius 2 is 1.87 bits per heavy atom. The van der Waals surface area contributed by atoms with Gasteiger partial charge in [0, 0.05) is 6.54 Å². The third-order valence-electron chi connectivity index (χ3n) is 3.12. The second-order valence-electron chi connectivity index (χ2n) is 4.59. The summed E-state index contributed by atoms with van der Waals surface area (Å²) in [7, 11) is 4.51. The Bertz CT molecular complexity index is 659. The normalized spacial score (nSPS) is 9.87. The molecular formula is C16H19N3O4. The van der Waals surface area contributed by atoms with Gasteiger partial charge in [-0.3, -0.25) is 5.32 Å². The summed E-state index contributed by atoms with van der Waals surface area (Å²) in [5.41, 5.74) is 1.87. The van der Waals surface area contributed by atoms with Gasteiger partial charge in [0.15, 0.2) is 11.5 Å². The lowest BCUT2D eigenvalue weighted by atomic mass is 10.2. The zero-order chi connectivity index (χ0) is 16.7. The molecule has 0 bridgehead atoms. The first-order valence-electron chi connectivity index (χ1n) is 6.92. The number of nitrogens with zero attached hydrogens (tertiary/aromatic N) is 1. The summed E-state index contributed by atoms with van der Waals surface area (Å²) in [6, 6.07) is 9.23. The van der Waals surface area contributed by atoms with Crippen LogP contribution < -0.4 is 20.1 Å². The Balaban J connectivity index is 1.96. The van der Waals surface area contributed by atoms with Crippen LogP contribution >= 0.6 is 0 Å². The van der Waals surface area contributed by atoms with Crippen molar-refractivity contribution in [2.45, 2.75) is 6.54 Å². The van der Waals surface area contributed by atoms with Crippen molar-refractivity contribution >= 4 is 17.6 Å². The molecule has 0 fully saturated rings.